The molecule has 1 aliphatic heterocycles. The lowest BCUT2D eigenvalue weighted by atomic mass is 9.94. The highest BCUT2D eigenvalue weighted by Crippen LogP contribution is 2.19. The molecule has 0 spiro atoms. The van der Waals surface area contributed by atoms with Crippen LogP contribution >= 0.6 is 0 Å². The van der Waals surface area contributed by atoms with Crippen LogP contribution in [0.3, 0.4) is 0 Å². The molecule has 0 amide bonds. The van der Waals surface area contributed by atoms with E-state index in [9.17, 15) is 0 Å². The van der Waals surface area contributed by atoms with Gasteiger partial charge in [0, 0.05) is 25.2 Å². The second-order valence-electron chi connectivity index (χ2n) is 5.75. The van der Waals surface area contributed by atoms with Gasteiger partial charge < -0.3 is 5.73 Å². The first-order valence-corrected chi connectivity index (χ1v) is 7.39. The topological polar surface area (TPSA) is 29.3 Å². The van der Waals surface area contributed by atoms with Crippen molar-refractivity contribution in [3.05, 3.63) is 71.8 Å². The van der Waals surface area contributed by atoms with E-state index < -0.39 is 0 Å². The second-order valence-corrected chi connectivity index (χ2v) is 5.75. The maximum atomic E-state index is 5.95. The molecule has 1 fully saturated rings. The number of nitrogens with two attached hydrogens (primary N) is 1. The van der Waals surface area contributed by atoms with Crippen molar-refractivity contribution in [1.82, 2.24) is 4.90 Å². The fourth-order valence-corrected chi connectivity index (χ4v) is 2.95. The van der Waals surface area contributed by atoms with Crippen molar-refractivity contribution in [2.45, 2.75) is 24.9 Å². The van der Waals surface area contributed by atoms with E-state index in [0.29, 0.717) is 12.1 Å². The first-order chi connectivity index (χ1) is 9.81. The summed E-state index contributed by atoms with van der Waals surface area (Å²) in [5.41, 5.74) is 8.77. The number of hydrogen-bond donors (Lipinski definition) is 1. The molecule has 0 radical (unpaired) electrons. The molecule has 1 heterocycles. The molecule has 2 aromatic rings. The fourth-order valence-electron chi connectivity index (χ4n) is 2.95. The standard InChI is InChI=1S/C18H22N2/c19-17-13-20(14-17)18(11-15-7-3-1-4-8-15)12-16-9-5-2-6-10-16/h1-10,17-18H,11-14,19H2. The molecule has 0 bridgehead atoms. The highest BCUT2D eigenvalue weighted by atomic mass is 15.2. The highest BCUT2D eigenvalue weighted by Gasteiger charge is 2.29. The Bertz CT molecular complexity index is 476. The molecular formula is C18H22N2. The van der Waals surface area contributed by atoms with Crippen LogP contribution in [0, 0.1) is 0 Å². The Morgan fingerprint density at radius 1 is 0.850 bits per heavy atom. The number of benzene rings is 2. The number of hydrogen-bond acceptors (Lipinski definition) is 2. The van der Waals surface area contributed by atoms with Gasteiger partial charge in [-0.1, -0.05) is 60.7 Å². The summed E-state index contributed by atoms with van der Waals surface area (Å²) < 4.78 is 0. The molecule has 0 aromatic heterocycles. The molecule has 0 saturated carbocycles. The Morgan fingerprint density at radius 2 is 1.30 bits per heavy atom. The van der Waals surface area contributed by atoms with E-state index in [-0.39, 0.29) is 0 Å². The van der Waals surface area contributed by atoms with Gasteiger partial charge in [0.1, 0.15) is 0 Å². The Hall–Kier alpha value is -1.64. The lowest BCUT2D eigenvalue weighted by molar-refractivity contribution is 0.0933. The third kappa shape index (κ3) is 3.27. The van der Waals surface area contributed by atoms with Crippen molar-refractivity contribution < 1.29 is 0 Å². The van der Waals surface area contributed by atoms with Crippen LogP contribution in [0.15, 0.2) is 60.7 Å². The predicted molar refractivity (Wildman–Crippen MR) is 83.6 cm³/mol. The van der Waals surface area contributed by atoms with Gasteiger partial charge in [-0.05, 0) is 24.0 Å². The zero-order valence-electron chi connectivity index (χ0n) is 11.8. The molecule has 2 heteroatoms. The van der Waals surface area contributed by atoms with E-state index in [4.69, 9.17) is 5.73 Å². The van der Waals surface area contributed by atoms with Crippen molar-refractivity contribution in [2.75, 3.05) is 13.1 Å². The molecule has 0 atom stereocenters. The summed E-state index contributed by atoms with van der Waals surface area (Å²) in [6.07, 6.45) is 2.20. The third-order valence-electron chi connectivity index (χ3n) is 4.08. The normalized spacial score (nSPS) is 16.3. The SMILES string of the molecule is NC1CN(C(Cc2ccccc2)Cc2ccccc2)C1. The van der Waals surface area contributed by atoms with E-state index >= 15 is 0 Å². The molecule has 104 valence electrons. The van der Waals surface area contributed by atoms with E-state index in [1.807, 2.05) is 0 Å². The van der Waals surface area contributed by atoms with Crippen molar-refractivity contribution in [3.8, 4) is 0 Å². The summed E-state index contributed by atoms with van der Waals surface area (Å²) >= 11 is 0. The van der Waals surface area contributed by atoms with E-state index in [0.717, 1.165) is 25.9 Å². The van der Waals surface area contributed by atoms with Gasteiger partial charge in [0.05, 0.1) is 0 Å². The van der Waals surface area contributed by atoms with E-state index in [1.165, 1.54) is 11.1 Å². The quantitative estimate of drug-likeness (QED) is 0.901. The summed E-state index contributed by atoms with van der Waals surface area (Å²) in [6, 6.07) is 22.4. The lowest BCUT2D eigenvalue weighted by Crippen LogP contribution is -2.60. The summed E-state index contributed by atoms with van der Waals surface area (Å²) in [5, 5.41) is 0. The van der Waals surface area contributed by atoms with E-state index in [1.54, 1.807) is 0 Å². The van der Waals surface area contributed by atoms with Crippen LogP contribution in [-0.2, 0) is 12.8 Å². The van der Waals surface area contributed by atoms with Crippen molar-refractivity contribution in [3.63, 3.8) is 0 Å². The van der Waals surface area contributed by atoms with Gasteiger partial charge in [0.2, 0.25) is 0 Å². The summed E-state index contributed by atoms with van der Waals surface area (Å²) in [7, 11) is 0. The first-order valence-electron chi connectivity index (χ1n) is 7.39. The van der Waals surface area contributed by atoms with Crippen LogP contribution in [-0.4, -0.2) is 30.1 Å². The molecule has 3 rings (SSSR count). The van der Waals surface area contributed by atoms with E-state index in [2.05, 4.69) is 65.6 Å². The zero-order chi connectivity index (χ0) is 13.8. The van der Waals surface area contributed by atoms with Crippen LogP contribution in [0.5, 0.6) is 0 Å². The molecule has 2 aromatic carbocycles. The van der Waals surface area contributed by atoms with Crippen LogP contribution in [0.25, 0.3) is 0 Å². The minimum absolute atomic E-state index is 0.365. The van der Waals surface area contributed by atoms with Gasteiger partial charge in [-0.15, -0.1) is 0 Å². The minimum Gasteiger partial charge on any atom is -0.325 e. The largest absolute Gasteiger partial charge is 0.325 e. The molecule has 2 nitrogen and oxygen atoms in total. The Labute approximate surface area is 121 Å². The molecule has 1 saturated heterocycles. The maximum Gasteiger partial charge on any atom is 0.0297 e. The molecule has 1 aliphatic rings. The van der Waals surface area contributed by atoms with Crippen molar-refractivity contribution in [1.29, 1.82) is 0 Å². The van der Waals surface area contributed by atoms with Gasteiger partial charge in [0.25, 0.3) is 0 Å². The summed E-state index contributed by atoms with van der Waals surface area (Å²) in [6.45, 7) is 2.06. The van der Waals surface area contributed by atoms with Crippen molar-refractivity contribution in [2.24, 2.45) is 5.73 Å². The average Bonchev–Trinajstić information content (AvgIpc) is 2.46. The molecular weight excluding hydrogens is 244 g/mol. The molecule has 20 heavy (non-hydrogen) atoms. The number of likely N-dealkylation sites (tertiary alicyclic amines) is 1. The van der Waals surface area contributed by atoms with Crippen LogP contribution in [0.4, 0.5) is 0 Å². The fraction of sp³-hybridized carbons (Fsp3) is 0.333. The third-order valence-corrected chi connectivity index (χ3v) is 4.08. The lowest BCUT2D eigenvalue weighted by Gasteiger charge is -2.43. The van der Waals surface area contributed by atoms with Crippen LogP contribution < -0.4 is 5.73 Å². The maximum absolute atomic E-state index is 5.95. The van der Waals surface area contributed by atoms with Gasteiger partial charge in [-0.25, -0.2) is 0 Å². The zero-order valence-corrected chi connectivity index (χ0v) is 11.8. The van der Waals surface area contributed by atoms with Gasteiger partial charge in [0.15, 0.2) is 0 Å². The smallest absolute Gasteiger partial charge is 0.0297 e. The first kappa shape index (κ1) is 13.3. The molecule has 2 N–H and O–H groups in total. The Balaban J connectivity index is 1.71. The highest BCUT2D eigenvalue weighted by molar-refractivity contribution is 5.20. The van der Waals surface area contributed by atoms with Gasteiger partial charge in [-0.3, -0.25) is 4.90 Å². The van der Waals surface area contributed by atoms with Gasteiger partial charge >= 0.3 is 0 Å². The van der Waals surface area contributed by atoms with Crippen LogP contribution in [0.2, 0.25) is 0 Å². The average molecular weight is 266 g/mol. The molecule has 0 aliphatic carbocycles. The van der Waals surface area contributed by atoms with Gasteiger partial charge in [-0.2, -0.15) is 0 Å². The van der Waals surface area contributed by atoms with Crippen molar-refractivity contribution >= 4 is 0 Å². The molecule has 0 unspecified atom stereocenters. The number of nitrogens with zero attached hydrogens (tertiary/aromatic N) is 1. The van der Waals surface area contributed by atoms with Crippen LogP contribution in [0.1, 0.15) is 11.1 Å². The Morgan fingerprint density at radius 3 is 1.70 bits per heavy atom. The monoisotopic (exact) mass is 266 g/mol. The Kier molecular flexibility index (Phi) is 4.14. The summed E-state index contributed by atoms with van der Waals surface area (Å²) in [5.74, 6) is 0. The number of rotatable bonds is 5. The minimum atomic E-state index is 0.365. The summed E-state index contributed by atoms with van der Waals surface area (Å²) in [4.78, 5) is 2.52. The second kappa shape index (κ2) is 6.21. The predicted octanol–water partition coefficient (Wildman–Crippen LogP) is 2.48.